The zero-order valence-electron chi connectivity index (χ0n) is 12.2. The number of aromatic nitrogens is 2. The van der Waals surface area contributed by atoms with Crippen LogP contribution in [0.4, 0.5) is 14.7 Å². The molecule has 118 valence electrons. The number of imidazole rings is 1. The molecule has 0 spiro atoms. The Labute approximate surface area is 131 Å². The topological polar surface area (TPSA) is 49.9 Å². The third-order valence-electron chi connectivity index (χ3n) is 4.08. The summed E-state index contributed by atoms with van der Waals surface area (Å²) < 4.78 is 32.3. The second-order valence-corrected chi connectivity index (χ2v) is 5.61. The molecule has 4 nitrogen and oxygen atoms in total. The lowest BCUT2D eigenvalue weighted by Gasteiger charge is -2.20. The molecule has 2 atom stereocenters. The Morgan fingerprint density at radius 2 is 2.00 bits per heavy atom. The second kappa shape index (κ2) is 5.62. The van der Waals surface area contributed by atoms with Gasteiger partial charge < -0.3 is 15.0 Å². The molecule has 0 aliphatic carbocycles. The third kappa shape index (κ3) is 2.66. The number of hydrogen-bond acceptors (Lipinski definition) is 3. The van der Waals surface area contributed by atoms with Gasteiger partial charge in [0.2, 0.25) is 5.95 Å². The van der Waals surface area contributed by atoms with Crippen molar-refractivity contribution in [2.75, 3.05) is 11.9 Å². The smallest absolute Gasteiger partial charge is 0.201 e. The van der Waals surface area contributed by atoms with Gasteiger partial charge in [-0.05, 0) is 36.2 Å². The number of rotatable bonds is 3. The van der Waals surface area contributed by atoms with Crippen LogP contribution in [-0.4, -0.2) is 22.6 Å². The highest BCUT2D eigenvalue weighted by Crippen LogP contribution is 2.32. The van der Waals surface area contributed by atoms with Gasteiger partial charge in [0, 0.05) is 6.61 Å². The number of H-pyrrole nitrogens is 1. The SMILES string of the molecule is Fc1ccc(C2OCCC2Nc2nc3ccccc3[nH]2)cc1F. The van der Waals surface area contributed by atoms with E-state index in [2.05, 4.69) is 15.3 Å². The second-order valence-electron chi connectivity index (χ2n) is 5.61. The lowest BCUT2D eigenvalue weighted by Crippen LogP contribution is -2.24. The highest BCUT2D eigenvalue weighted by atomic mass is 19.2. The van der Waals surface area contributed by atoms with Crippen LogP contribution in [0.25, 0.3) is 11.0 Å². The standard InChI is InChI=1S/C17H15F2N3O/c18-11-6-5-10(9-12(11)19)16-15(7-8-23-16)22-17-20-13-3-1-2-4-14(13)21-17/h1-6,9,15-16H,7-8H2,(H2,20,21,22). The van der Waals surface area contributed by atoms with Gasteiger partial charge in [-0.3, -0.25) is 0 Å². The number of benzene rings is 2. The fourth-order valence-corrected chi connectivity index (χ4v) is 2.95. The van der Waals surface area contributed by atoms with Gasteiger partial charge in [-0.25, -0.2) is 13.8 Å². The maximum Gasteiger partial charge on any atom is 0.201 e. The fraction of sp³-hybridized carbons (Fsp3) is 0.235. The van der Waals surface area contributed by atoms with E-state index < -0.39 is 11.6 Å². The Hall–Kier alpha value is -2.47. The lowest BCUT2D eigenvalue weighted by molar-refractivity contribution is 0.107. The average Bonchev–Trinajstić information content (AvgIpc) is 3.16. The number of nitrogens with one attached hydrogen (secondary N) is 2. The first-order valence-corrected chi connectivity index (χ1v) is 7.48. The van der Waals surface area contributed by atoms with Crippen molar-refractivity contribution < 1.29 is 13.5 Å². The molecule has 4 rings (SSSR count). The molecule has 0 saturated carbocycles. The van der Waals surface area contributed by atoms with Gasteiger partial charge in [0.05, 0.1) is 17.1 Å². The number of ether oxygens (including phenoxy) is 1. The van der Waals surface area contributed by atoms with Crippen molar-refractivity contribution in [3.8, 4) is 0 Å². The summed E-state index contributed by atoms with van der Waals surface area (Å²) in [4.78, 5) is 7.68. The summed E-state index contributed by atoms with van der Waals surface area (Å²) in [5, 5.41) is 3.31. The molecule has 0 amide bonds. The molecule has 2 N–H and O–H groups in total. The number of hydrogen-bond donors (Lipinski definition) is 2. The van der Waals surface area contributed by atoms with E-state index >= 15 is 0 Å². The molecule has 2 aromatic carbocycles. The van der Waals surface area contributed by atoms with E-state index in [0.717, 1.165) is 23.5 Å². The van der Waals surface area contributed by atoms with Crippen LogP contribution in [0.5, 0.6) is 0 Å². The van der Waals surface area contributed by atoms with Crippen molar-refractivity contribution in [3.05, 3.63) is 59.7 Å². The number of fused-ring (bicyclic) bond motifs is 1. The van der Waals surface area contributed by atoms with E-state index in [1.165, 1.54) is 6.07 Å². The normalized spacial score (nSPS) is 21.0. The van der Waals surface area contributed by atoms with E-state index in [1.54, 1.807) is 6.07 Å². The third-order valence-corrected chi connectivity index (χ3v) is 4.08. The van der Waals surface area contributed by atoms with Crippen LogP contribution in [0, 0.1) is 11.6 Å². The Morgan fingerprint density at radius 1 is 1.13 bits per heavy atom. The maximum absolute atomic E-state index is 13.5. The van der Waals surface area contributed by atoms with Crippen LogP contribution < -0.4 is 5.32 Å². The van der Waals surface area contributed by atoms with Crippen LogP contribution in [0.1, 0.15) is 18.1 Å². The van der Waals surface area contributed by atoms with Gasteiger partial charge >= 0.3 is 0 Å². The van der Waals surface area contributed by atoms with Crippen LogP contribution in [0.3, 0.4) is 0 Å². The van der Waals surface area contributed by atoms with Crippen LogP contribution in [0.2, 0.25) is 0 Å². The van der Waals surface area contributed by atoms with Crippen molar-refractivity contribution in [1.82, 2.24) is 9.97 Å². The van der Waals surface area contributed by atoms with Gasteiger partial charge in [-0.1, -0.05) is 18.2 Å². The molecule has 2 unspecified atom stereocenters. The summed E-state index contributed by atoms with van der Waals surface area (Å²) in [7, 11) is 0. The predicted octanol–water partition coefficient (Wildman–Crippen LogP) is 3.78. The van der Waals surface area contributed by atoms with E-state index in [4.69, 9.17) is 4.74 Å². The van der Waals surface area contributed by atoms with Crippen molar-refractivity contribution >= 4 is 17.0 Å². The van der Waals surface area contributed by atoms with E-state index in [0.29, 0.717) is 18.1 Å². The van der Waals surface area contributed by atoms with Gasteiger partial charge in [0.15, 0.2) is 11.6 Å². The van der Waals surface area contributed by atoms with E-state index in [-0.39, 0.29) is 12.1 Å². The Balaban J connectivity index is 1.58. The molecule has 0 radical (unpaired) electrons. The minimum absolute atomic E-state index is 0.0552. The monoisotopic (exact) mass is 315 g/mol. The van der Waals surface area contributed by atoms with Crippen molar-refractivity contribution in [2.24, 2.45) is 0 Å². The number of nitrogens with zero attached hydrogens (tertiary/aromatic N) is 1. The molecule has 1 aromatic heterocycles. The van der Waals surface area contributed by atoms with Gasteiger partial charge in [0.25, 0.3) is 0 Å². The Morgan fingerprint density at radius 3 is 2.83 bits per heavy atom. The molecule has 2 heterocycles. The molecule has 1 fully saturated rings. The molecule has 1 aliphatic rings. The summed E-state index contributed by atoms with van der Waals surface area (Å²) in [6.07, 6.45) is 0.430. The summed E-state index contributed by atoms with van der Waals surface area (Å²) in [6.45, 7) is 0.557. The zero-order chi connectivity index (χ0) is 15.8. The van der Waals surface area contributed by atoms with Gasteiger partial charge in [-0.15, -0.1) is 0 Å². The highest BCUT2D eigenvalue weighted by molar-refractivity contribution is 5.77. The Kier molecular flexibility index (Phi) is 3.46. The maximum atomic E-state index is 13.5. The van der Waals surface area contributed by atoms with Gasteiger partial charge in [0.1, 0.15) is 6.10 Å². The Bertz CT molecular complexity index is 816. The zero-order valence-corrected chi connectivity index (χ0v) is 12.2. The number of aromatic amines is 1. The summed E-state index contributed by atoms with van der Waals surface area (Å²) in [5.41, 5.74) is 2.44. The first kappa shape index (κ1) is 14.1. The molecule has 1 saturated heterocycles. The molecular weight excluding hydrogens is 300 g/mol. The van der Waals surface area contributed by atoms with Crippen LogP contribution >= 0.6 is 0 Å². The average molecular weight is 315 g/mol. The first-order valence-electron chi connectivity index (χ1n) is 7.48. The molecule has 1 aliphatic heterocycles. The largest absolute Gasteiger partial charge is 0.371 e. The minimum Gasteiger partial charge on any atom is -0.371 e. The molecular formula is C17H15F2N3O. The molecule has 3 aromatic rings. The number of para-hydroxylation sites is 2. The number of halogens is 2. The quantitative estimate of drug-likeness (QED) is 0.773. The van der Waals surface area contributed by atoms with E-state index in [1.807, 2.05) is 24.3 Å². The molecule has 6 heteroatoms. The summed E-state index contributed by atoms with van der Waals surface area (Å²) in [5.74, 6) is -1.07. The fourth-order valence-electron chi connectivity index (χ4n) is 2.95. The highest BCUT2D eigenvalue weighted by Gasteiger charge is 2.30. The molecule has 0 bridgehead atoms. The number of anilines is 1. The lowest BCUT2D eigenvalue weighted by atomic mass is 10.0. The van der Waals surface area contributed by atoms with Gasteiger partial charge in [-0.2, -0.15) is 0 Å². The van der Waals surface area contributed by atoms with Crippen molar-refractivity contribution in [3.63, 3.8) is 0 Å². The minimum atomic E-state index is -0.861. The van der Waals surface area contributed by atoms with Crippen LogP contribution in [0.15, 0.2) is 42.5 Å². The first-order chi connectivity index (χ1) is 11.2. The van der Waals surface area contributed by atoms with Crippen LogP contribution in [-0.2, 0) is 4.74 Å². The predicted molar refractivity (Wildman–Crippen MR) is 83.2 cm³/mol. The van der Waals surface area contributed by atoms with Crippen molar-refractivity contribution in [1.29, 1.82) is 0 Å². The van der Waals surface area contributed by atoms with Crippen molar-refractivity contribution in [2.45, 2.75) is 18.6 Å². The van der Waals surface area contributed by atoms with E-state index in [9.17, 15) is 8.78 Å². The summed E-state index contributed by atoms with van der Waals surface area (Å²) in [6, 6.07) is 11.6. The molecule has 23 heavy (non-hydrogen) atoms. The summed E-state index contributed by atoms with van der Waals surface area (Å²) >= 11 is 0.